The minimum absolute atomic E-state index is 0.0457. The van der Waals surface area contributed by atoms with Gasteiger partial charge in [-0.25, -0.2) is 0 Å². The molecule has 17 heavy (non-hydrogen) atoms. The van der Waals surface area contributed by atoms with E-state index in [2.05, 4.69) is 11.9 Å². The molecule has 1 rings (SSSR count). The Morgan fingerprint density at radius 1 is 1.35 bits per heavy atom. The van der Waals surface area contributed by atoms with Gasteiger partial charge in [-0.1, -0.05) is 0 Å². The lowest BCUT2D eigenvalue weighted by atomic mass is 10.0. The second kappa shape index (κ2) is 6.71. The van der Waals surface area contributed by atoms with Gasteiger partial charge in [0.15, 0.2) is 0 Å². The largest absolute Gasteiger partial charge is 0.395 e. The van der Waals surface area contributed by atoms with Crippen LogP contribution in [0.5, 0.6) is 0 Å². The van der Waals surface area contributed by atoms with Gasteiger partial charge < -0.3 is 14.9 Å². The average molecular weight is 242 g/mol. The number of aliphatic hydroxyl groups is 1. The zero-order valence-corrected chi connectivity index (χ0v) is 10.7. The molecule has 0 aromatic heterocycles. The topological polar surface area (TPSA) is 60.9 Å². The predicted octanol–water partition coefficient (Wildman–Crippen LogP) is -0.119. The summed E-state index contributed by atoms with van der Waals surface area (Å²) in [6.07, 6.45) is 1.78. The van der Waals surface area contributed by atoms with Crippen LogP contribution in [-0.4, -0.2) is 65.9 Å². The Morgan fingerprint density at radius 3 is 2.41 bits per heavy atom. The SMILES string of the molecule is CC(=O)CC(=O)N(CCO)C1CCN(C)CC1. The van der Waals surface area contributed by atoms with E-state index in [4.69, 9.17) is 5.11 Å². The van der Waals surface area contributed by atoms with Crippen molar-refractivity contribution >= 4 is 11.7 Å². The van der Waals surface area contributed by atoms with Gasteiger partial charge in [0.2, 0.25) is 5.91 Å². The number of Topliss-reactive ketones (excluding diaryl/α,β-unsaturated/α-hetero) is 1. The summed E-state index contributed by atoms with van der Waals surface area (Å²) in [6, 6.07) is 0.171. The van der Waals surface area contributed by atoms with Gasteiger partial charge in [0.1, 0.15) is 5.78 Å². The van der Waals surface area contributed by atoms with Gasteiger partial charge >= 0.3 is 0 Å². The van der Waals surface area contributed by atoms with Crippen LogP contribution < -0.4 is 0 Å². The zero-order valence-electron chi connectivity index (χ0n) is 10.7. The fourth-order valence-corrected chi connectivity index (χ4v) is 2.24. The summed E-state index contributed by atoms with van der Waals surface area (Å²) in [5, 5.41) is 9.01. The van der Waals surface area contributed by atoms with Crippen molar-refractivity contribution in [1.82, 2.24) is 9.80 Å². The van der Waals surface area contributed by atoms with Crippen molar-refractivity contribution in [2.75, 3.05) is 33.3 Å². The summed E-state index contributed by atoms with van der Waals surface area (Å²) in [5.41, 5.74) is 0. The molecule has 5 nitrogen and oxygen atoms in total. The van der Waals surface area contributed by atoms with Crippen LogP contribution in [0.1, 0.15) is 26.2 Å². The molecule has 98 valence electrons. The first-order valence-electron chi connectivity index (χ1n) is 6.13. The van der Waals surface area contributed by atoms with Gasteiger partial charge in [0, 0.05) is 12.6 Å². The van der Waals surface area contributed by atoms with Gasteiger partial charge in [0.25, 0.3) is 0 Å². The minimum Gasteiger partial charge on any atom is -0.395 e. The number of aliphatic hydroxyl groups excluding tert-OH is 1. The van der Waals surface area contributed by atoms with E-state index in [0.717, 1.165) is 25.9 Å². The van der Waals surface area contributed by atoms with Gasteiger partial charge in [-0.3, -0.25) is 9.59 Å². The third kappa shape index (κ3) is 4.44. The van der Waals surface area contributed by atoms with E-state index < -0.39 is 0 Å². The lowest BCUT2D eigenvalue weighted by Gasteiger charge is -2.37. The Kier molecular flexibility index (Phi) is 5.58. The molecule has 1 N–H and O–H groups in total. The van der Waals surface area contributed by atoms with Crippen molar-refractivity contribution in [3.8, 4) is 0 Å². The van der Waals surface area contributed by atoms with Crippen molar-refractivity contribution in [1.29, 1.82) is 0 Å². The molecule has 5 heteroatoms. The Labute approximate surface area is 102 Å². The first-order chi connectivity index (χ1) is 8.04. The van der Waals surface area contributed by atoms with Gasteiger partial charge in [-0.2, -0.15) is 0 Å². The van der Waals surface area contributed by atoms with E-state index in [1.54, 1.807) is 4.90 Å². The normalized spacial score (nSPS) is 18.1. The molecular weight excluding hydrogens is 220 g/mol. The first-order valence-corrected chi connectivity index (χ1v) is 6.13. The zero-order chi connectivity index (χ0) is 12.8. The minimum atomic E-state index is -0.152. The van der Waals surface area contributed by atoms with Crippen LogP contribution in [0, 0.1) is 0 Å². The van der Waals surface area contributed by atoms with Crippen molar-refractivity contribution < 1.29 is 14.7 Å². The molecule has 1 fully saturated rings. The monoisotopic (exact) mass is 242 g/mol. The van der Waals surface area contributed by atoms with Crippen LogP contribution in [0.2, 0.25) is 0 Å². The fraction of sp³-hybridized carbons (Fsp3) is 0.833. The second-order valence-electron chi connectivity index (χ2n) is 4.72. The molecule has 0 bridgehead atoms. The molecular formula is C12H22N2O3. The average Bonchev–Trinajstić information content (AvgIpc) is 2.26. The highest BCUT2D eigenvalue weighted by molar-refractivity contribution is 5.96. The highest BCUT2D eigenvalue weighted by atomic mass is 16.3. The summed E-state index contributed by atoms with van der Waals surface area (Å²) >= 11 is 0. The van der Waals surface area contributed by atoms with Crippen LogP contribution >= 0.6 is 0 Å². The lowest BCUT2D eigenvalue weighted by Crippen LogP contribution is -2.48. The van der Waals surface area contributed by atoms with E-state index >= 15 is 0 Å². The number of carbonyl (C=O) groups excluding carboxylic acids is 2. The number of likely N-dealkylation sites (tertiary alicyclic amines) is 1. The number of nitrogens with zero attached hydrogens (tertiary/aromatic N) is 2. The van der Waals surface area contributed by atoms with Crippen molar-refractivity contribution in [2.45, 2.75) is 32.2 Å². The van der Waals surface area contributed by atoms with E-state index in [0.29, 0.717) is 6.54 Å². The number of hydrogen-bond acceptors (Lipinski definition) is 4. The van der Waals surface area contributed by atoms with Crippen LogP contribution in [0.4, 0.5) is 0 Å². The molecule has 1 saturated heterocycles. The number of ketones is 1. The van der Waals surface area contributed by atoms with E-state index in [1.807, 2.05) is 0 Å². The highest BCUT2D eigenvalue weighted by Gasteiger charge is 2.26. The van der Waals surface area contributed by atoms with Crippen LogP contribution in [-0.2, 0) is 9.59 Å². The molecule has 1 aliphatic heterocycles. The fourth-order valence-electron chi connectivity index (χ4n) is 2.24. The molecule has 0 spiro atoms. The van der Waals surface area contributed by atoms with Gasteiger partial charge in [-0.05, 0) is 39.9 Å². The Morgan fingerprint density at radius 2 is 1.94 bits per heavy atom. The van der Waals surface area contributed by atoms with Gasteiger partial charge in [-0.15, -0.1) is 0 Å². The summed E-state index contributed by atoms with van der Waals surface area (Å²) < 4.78 is 0. The molecule has 1 amide bonds. The maximum Gasteiger partial charge on any atom is 0.230 e. The summed E-state index contributed by atoms with van der Waals surface area (Å²) in [7, 11) is 2.06. The summed E-state index contributed by atoms with van der Waals surface area (Å²) in [5.74, 6) is -0.271. The molecule has 0 saturated carbocycles. The number of piperidine rings is 1. The number of hydrogen-bond donors (Lipinski definition) is 1. The van der Waals surface area contributed by atoms with E-state index in [9.17, 15) is 9.59 Å². The highest BCUT2D eigenvalue weighted by Crippen LogP contribution is 2.16. The summed E-state index contributed by atoms with van der Waals surface area (Å²) in [6.45, 7) is 3.63. The van der Waals surface area contributed by atoms with Crippen LogP contribution in [0.3, 0.4) is 0 Å². The Bertz CT molecular complexity index is 273. The number of rotatable bonds is 5. The standard InChI is InChI=1S/C12H22N2O3/c1-10(16)9-12(17)14(7-8-15)11-3-5-13(2)6-4-11/h11,15H,3-9H2,1-2H3. The van der Waals surface area contributed by atoms with E-state index in [-0.39, 0.29) is 30.8 Å². The molecule has 1 heterocycles. The molecule has 0 unspecified atom stereocenters. The molecule has 0 radical (unpaired) electrons. The quantitative estimate of drug-likeness (QED) is 0.683. The van der Waals surface area contributed by atoms with Gasteiger partial charge in [0.05, 0.1) is 13.0 Å². The van der Waals surface area contributed by atoms with E-state index in [1.165, 1.54) is 6.92 Å². The van der Waals surface area contributed by atoms with Crippen molar-refractivity contribution in [3.63, 3.8) is 0 Å². The molecule has 0 aromatic rings. The maximum absolute atomic E-state index is 11.9. The summed E-state index contributed by atoms with van der Waals surface area (Å²) in [4.78, 5) is 26.8. The smallest absolute Gasteiger partial charge is 0.230 e. The third-order valence-corrected chi connectivity index (χ3v) is 3.19. The third-order valence-electron chi connectivity index (χ3n) is 3.19. The molecule has 0 atom stereocenters. The Hall–Kier alpha value is -0.940. The molecule has 0 aromatic carbocycles. The predicted molar refractivity (Wildman–Crippen MR) is 64.6 cm³/mol. The Balaban J connectivity index is 2.58. The van der Waals surface area contributed by atoms with Crippen LogP contribution in [0.25, 0.3) is 0 Å². The first kappa shape index (κ1) is 14.1. The van der Waals surface area contributed by atoms with Crippen LogP contribution in [0.15, 0.2) is 0 Å². The molecule has 1 aliphatic rings. The van der Waals surface area contributed by atoms with Crippen molar-refractivity contribution in [3.05, 3.63) is 0 Å². The maximum atomic E-state index is 11.9. The number of carbonyl (C=O) groups is 2. The number of amides is 1. The second-order valence-corrected chi connectivity index (χ2v) is 4.72. The molecule has 0 aliphatic carbocycles. The lowest BCUT2D eigenvalue weighted by molar-refractivity contribution is -0.138. The van der Waals surface area contributed by atoms with Crippen molar-refractivity contribution in [2.24, 2.45) is 0 Å².